The molecule has 0 aliphatic carbocycles. The average Bonchev–Trinajstić information content (AvgIpc) is 2.66. The van der Waals surface area contributed by atoms with Gasteiger partial charge >= 0.3 is 12.2 Å². The van der Waals surface area contributed by atoms with Gasteiger partial charge in [0, 0.05) is 12.3 Å². The highest BCUT2D eigenvalue weighted by Crippen LogP contribution is 2.37. The standard InChI is InChI=1S/C15H14F3N3O2S/c1-14(2)12(22)21(13(23)20(14)5-6-24)10-4-3-9(8-19)11(7-10)15(16,17)18/h3-4,7,24H,5-6H2,1-2H3. The van der Waals surface area contributed by atoms with Crippen LogP contribution < -0.4 is 4.90 Å². The summed E-state index contributed by atoms with van der Waals surface area (Å²) in [7, 11) is 0. The molecule has 2 rings (SSSR count). The summed E-state index contributed by atoms with van der Waals surface area (Å²) in [5.41, 5.74) is -3.16. The second-order valence-electron chi connectivity index (χ2n) is 5.70. The summed E-state index contributed by atoms with van der Waals surface area (Å²) in [4.78, 5) is 27.0. The number of hydrogen-bond acceptors (Lipinski definition) is 4. The number of rotatable bonds is 3. The molecule has 0 radical (unpaired) electrons. The van der Waals surface area contributed by atoms with E-state index in [-0.39, 0.29) is 12.2 Å². The maximum atomic E-state index is 13.1. The molecular weight excluding hydrogens is 343 g/mol. The number of carbonyl (C=O) groups excluding carboxylic acids is 2. The first-order chi connectivity index (χ1) is 11.1. The van der Waals surface area contributed by atoms with E-state index in [2.05, 4.69) is 12.6 Å². The van der Waals surface area contributed by atoms with E-state index in [1.54, 1.807) is 0 Å². The zero-order chi connectivity index (χ0) is 18.3. The Morgan fingerprint density at radius 3 is 2.42 bits per heavy atom. The fraction of sp³-hybridized carbons (Fsp3) is 0.400. The summed E-state index contributed by atoms with van der Waals surface area (Å²) in [5, 5.41) is 8.82. The Kier molecular flexibility index (Phi) is 4.55. The molecule has 0 saturated carbocycles. The fourth-order valence-corrected chi connectivity index (χ4v) is 2.74. The fourth-order valence-electron chi connectivity index (χ4n) is 2.54. The number of halogens is 3. The van der Waals surface area contributed by atoms with Crippen LogP contribution in [0.3, 0.4) is 0 Å². The second kappa shape index (κ2) is 6.02. The van der Waals surface area contributed by atoms with Crippen LogP contribution in [0.5, 0.6) is 0 Å². The van der Waals surface area contributed by atoms with Crippen molar-refractivity contribution in [2.75, 3.05) is 17.2 Å². The van der Waals surface area contributed by atoms with Crippen LogP contribution in [0.4, 0.5) is 23.7 Å². The lowest BCUT2D eigenvalue weighted by molar-refractivity contribution is -0.137. The molecule has 1 fully saturated rings. The van der Waals surface area contributed by atoms with Crippen LogP contribution >= 0.6 is 12.6 Å². The molecule has 0 N–H and O–H groups in total. The number of hydrogen-bond donors (Lipinski definition) is 1. The first kappa shape index (κ1) is 18.1. The van der Waals surface area contributed by atoms with Gasteiger partial charge < -0.3 is 4.90 Å². The molecule has 1 aromatic carbocycles. The van der Waals surface area contributed by atoms with E-state index in [0.717, 1.165) is 12.1 Å². The summed E-state index contributed by atoms with van der Waals surface area (Å²) in [6.45, 7) is 3.22. The van der Waals surface area contributed by atoms with E-state index in [4.69, 9.17) is 5.26 Å². The first-order valence-corrected chi connectivity index (χ1v) is 7.57. The zero-order valence-electron chi connectivity index (χ0n) is 12.9. The Hall–Kier alpha value is -2.21. The topological polar surface area (TPSA) is 64.4 Å². The Morgan fingerprint density at radius 1 is 1.29 bits per heavy atom. The van der Waals surface area contributed by atoms with Gasteiger partial charge in [-0.15, -0.1) is 0 Å². The molecule has 1 aromatic rings. The molecule has 128 valence electrons. The minimum atomic E-state index is -4.77. The Balaban J connectivity index is 2.55. The highest BCUT2D eigenvalue weighted by Gasteiger charge is 2.51. The summed E-state index contributed by atoms with van der Waals surface area (Å²) >= 11 is 4.03. The molecule has 5 nitrogen and oxygen atoms in total. The van der Waals surface area contributed by atoms with E-state index in [0.29, 0.717) is 16.7 Å². The number of nitriles is 1. The van der Waals surface area contributed by atoms with Crippen molar-refractivity contribution in [3.05, 3.63) is 29.3 Å². The minimum Gasteiger partial charge on any atom is -0.309 e. The SMILES string of the molecule is CC1(C)C(=O)N(c2ccc(C#N)c(C(F)(F)F)c2)C(=O)N1CCS. The lowest BCUT2D eigenvalue weighted by Crippen LogP contribution is -2.45. The minimum absolute atomic E-state index is 0.180. The van der Waals surface area contributed by atoms with Gasteiger partial charge in [-0.3, -0.25) is 4.79 Å². The van der Waals surface area contributed by atoms with Crippen molar-refractivity contribution in [3.63, 3.8) is 0 Å². The lowest BCUT2D eigenvalue weighted by Gasteiger charge is -2.26. The van der Waals surface area contributed by atoms with E-state index in [1.807, 2.05) is 0 Å². The monoisotopic (exact) mass is 357 g/mol. The van der Waals surface area contributed by atoms with E-state index >= 15 is 0 Å². The van der Waals surface area contributed by atoms with Crippen molar-refractivity contribution in [1.82, 2.24) is 4.90 Å². The van der Waals surface area contributed by atoms with Crippen LogP contribution in [-0.4, -0.2) is 34.7 Å². The quantitative estimate of drug-likeness (QED) is 0.668. The number of amides is 3. The van der Waals surface area contributed by atoms with E-state index < -0.39 is 34.8 Å². The molecule has 9 heteroatoms. The van der Waals surface area contributed by atoms with Gasteiger partial charge in [0.15, 0.2) is 0 Å². The number of imide groups is 1. The number of thiol groups is 1. The summed E-state index contributed by atoms with van der Waals surface area (Å²) < 4.78 is 39.3. The third-order valence-electron chi connectivity index (χ3n) is 3.83. The van der Waals surface area contributed by atoms with Crippen molar-refractivity contribution in [2.24, 2.45) is 0 Å². The second-order valence-corrected chi connectivity index (χ2v) is 6.14. The number of carbonyl (C=O) groups is 2. The normalized spacial score (nSPS) is 17.4. The molecule has 1 aliphatic rings. The maximum absolute atomic E-state index is 13.1. The van der Waals surface area contributed by atoms with Crippen LogP contribution in [0.1, 0.15) is 25.0 Å². The van der Waals surface area contributed by atoms with Crippen molar-refractivity contribution in [3.8, 4) is 6.07 Å². The average molecular weight is 357 g/mol. The summed E-state index contributed by atoms with van der Waals surface area (Å²) in [6, 6.07) is 3.50. The van der Waals surface area contributed by atoms with Crippen LogP contribution in [0, 0.1) is 11.3 Å². The molecule has 1 heterocycles. The number of anilines is 1. The number of urea groups is 1. The predicted octanol–water partition coefficient (Wildman–Crippen LogP) is 3.05. The smallest absolute Gasteiger partial charge is 0.309 e. The Bertz CT molecular complexity index is 740. The van der Waals surface area contributed by atoms with Gasteiger partial charge in [-0.2, -0.15) is 31.1 Å². The van der Waals surface area contributed by atoms with Crippen LogP contribution in [0.25, 0.3) is 0 Å². The van der Waals surface area contributed by atoms with Crippen molar-refractivity contribution in [1.29, 1.82) is 5.26 Å². The molecule has 1 saturated heterocycles. The molecule has 0 atom stereocenters. The Labute approximate surface area is 142 Å². The van der Waals surface area contributed by atoms with Gasteiger partial charge in [-0.05, 0) is 32.0 Å². The third-order valence-corrected chi connectivity index (χ3v) is 4.03. The van der Waals surface area contributed by atoms with Gasteiger partial charge in [-0.1, -0.05) is 0 Å². The number of nitrogens with zero attached hydrogens (tertiary/aromatic N) is 3. The van der Waals surface area contributed by atoms with Crippen molar-refractivity contribution in [2.45, 2.75) is 25.6 Å². The summed E-state index contributed by atoms with van der Waals surface area (Å²) in [5.74, 6) is -0.329. The summed E-state index contributed by atoms with van der Waals surface area (Å²) in [6.07, 6.45) is -4.77. The van der Waals surface area contributed by atoms with Gasteiger partial charge in [0.25, 0.3) is 5.91 Å². The first-order valence-electron chi connectivity index (χ1n) is 6.94. The third kappa shape index (κ3) is 2.82. The lowest BCUT2D eigenvalue weighted by atomic mass is 10.0. The number of benzene rings is 1. The van der Waals surface area contributed by atoms with Crippen LogP contribution in [0.2, 0.25) is 0 Å². The molecule has 0 unspecified atom stereocenters. The highest BCUT2D eigenvalue weighted by atomic mass is 32.1. The molecule has 24 heavy (non-hydrogen) atoms. The maximum Gasteiger partial charge on any atom is 0.417 e. The molecule has 0 aromatic heterocycles. The van der Waals surface area contributed by atoms with Crippen LogP contribution in [-0.2, 0) is 11.0 Å². The van der Waals surface area contributed by atoms with E-state index in [1.165, 1.54) is 24.8 Å². The van der Waals surface area contributed by atoms with Gasteiger partial charge in [-0.25, -0.2) is 9.69 Å². The van der Waals surface area contributed by atoms with Gasteiger partial charge in [0.05, 0.1) is 22.9 Å². The largest absolute Gasteiger partial charge is 0.417 e. The predicted molar refractivity (Wildman–Crippen MR) is 83.7 cm³/mol. The van der Waals surface area contributed by atoms with Crippen molar-refractivity contribution < 1.29 is 22.8 Å². The molecule has 0 bridgehead atoms. The highest BCUT2D eigenvalue weighted by molar-refractivity contribution is 7.80. The van der Waals surface area contributed by atoms with Gasteiger partial charge in [0.1, 0.15) is 5.54 Å². The van der Waals surface area contributed by atoms with E-state index in [9.17, 15) is 22.8 Å². The number of alkyl halides is 3. The Morgan fingerprint density at radius 2 is 1.92 bits per heavy atom. The molecule has 1 aliphatic heterocycles. The molecule has 3 amide bonds. The van der Waals surface area contributed by atoms with Crippen LogP contribution in [0.15, 0.2) is 18.2 Å². The van der Waals surface area contributed by atoms with Crippen molar-refractivity contribution >= 4 is 30.3 Å². The van der Waals surface area contributed by atoms with Gasteiger partial charge in [0.2, 0.25) is 0 Å². The zero-order valence-corrected chi connectivity index (χ0v) is 13.8. The molecular formula is C15H14F3N3O2S. The molecule has 0 spiro atoms.